The highest BCUT2D eigenvalue weighted by atomic mass is 19.1. The number of halogens is 1. The third kappa shape index (κ3) is 3.96. The summed E-state index contributed by atoms with van der Waals surface area (Å²) < 4.78 is 13.1. The Labute approximate surface area is 161 Å². The summed E-state index contributed by atoms with van der Waals surface area (Å²) in [6, 6.07) is 15.5. The van der Waals surface area contributed by atoms with Gasteiger partial charge in [0.15, 0.2) is 0 Å². The number of amides is 1. The number of hydrogen-bond donors (Lipinski definition) is 2. The van der Waals surface area contributed by atoms with Crippen LogP contribution in [-0.2, 0) is 6.54 Å². The van der Waals surface area contributed by atoms with E-state index in [1.54, 1.807) is 43.0 Å². The molecule has 0 aliphatic carbocycles. The van der Waals surface area contributed by atoms with Crippen LogP contribution in [0.15, 0.2) is 79.4 Å². The van der Waals surface area contributed by atoms with Crippen LogP contribution in [0, 0.1) is 5.82 Å². The molecule has 0 radical (unpaired) electrons. The second-order valence-electron chi connectivity index (χ2n) is 6.28. The number of nitrogens with zero attached hydrogens (tertiary/aromatic N) is 2. The Bertz CT molecular complexity index is 1090. The lowest BCUT2D eigenvalue weighted by Crippen LogP contribution is -2.23. The van der Waals surface area contributed by atoms with Crippen molar-refractivity contribution >= 4 is 5.91 Å². The van der Waals surface area contributed by atoms with E-state index in [1.165, 1.54) is 12.1 Å². The molecule has 6 heteroatoms. The lowest BCUT2D eigenvalue weighted by Gasteiger charge is -2.06. The van der Waals surface area contributed by atoms with E-state index < -0.39 is 0 Å². The Morgan fingerprint density at radius 1 is 1.00 bits per heavy atom. The molecule has 0 saturated carbocycles. The molecule has 0 spiro atoms. The maximum absolute atomic E-state index is 13.1. The average Bonchev–Trinajstić information content (AvgIpc) is 3.24. The summed E-state index contributed by atoms with van der Waals surface area (Å²) in [7, 11) is 0. The first-order valence-corrected chi connectivity index (χ1v) is 8.77. The number of pyridine rings is 2. The number of benzene rings is 1. The van der Waals surface area contributed by atoms with Gasteiger partial charge in [-0.15, -0.1) is 0 Å². The molecule has 0 fully saturated rings. The quantitative estimate of drug-likeness (QED) is 0.551. The van der Waals surface area contributed by atoms with Crippen molar-refractivity contribution in [2.75, 3.05) is 0 Å². The normalized spacial score (nSPS) is 10.6. The predicted octanol–water partition coefficient (Wildman–Crippen LogP) is 4.21. The zero-order valence-electron chi connectivity index (χ0n) is 14.9. The first-order valence-electron chi connectivity index (χ1n) is 8.77. The second-order valence-corrected chi connectivity index (χ2v) is 6.28. The summed E-state index contributed by atoms with van der Waals surface area (Å²) >= 11 is 0. The van der Waals surface area contributed by atoms with Gasteiger partial charge in [0.1, 0.15) is 11.5 Å². The number of hydrogen-bond acceptors (Lipinski definition) is 3. The molecule has 2 N–H and O–H groups in total. The van der Waals surface area contributed by atoms with E-state index >= 15 is 0 Å². The first kappa shape index (κ1) is 17.6. The molecular formula is C22H17FN4O. The largest absolute Gasteiger partial charge is 0.357 e. The molecule has 0 aliphatic rings. The van der Waals surface area contributed by atoms with Crippen LogP contribution in [0.25, 0.3) is 22.4 Å². The van der Waals surface area contributed by atoms with Crippen molar-refractivity contribution in [3.63, 3.8) is 0 Å². The number of nitrogens with one attached hydrogen (secondary N) is 2. The van der Waals surface area contributed by atoms with E-state index in [1.807, 2.05) is 24.3 Å². The van der Waals surface area contributed by atoms with Gasteiger partial charge in [0.2, 0.25) is 0 Å². The molecule has 0 aliphatic heterocycles. The number of carbonyl (C=O) groups is 1. The van der Waals surface area contributed by atoms with E-state index in [-0.39, 0.29) is 11.7 Å². The molecule has 0 bridgehead atoms. The van der Waals surface area contributed by atoms with Crippen LogP contribution in [-0.4, -0.2) is 20.9 Å². The molecule has 1 amide bonds. The van der Waals surface area contributed by atoms with Gasteiger partial charge in [-0.25, -0.2) is 4.39 Å². The Morgan fingerprint density at radius 3 is 2.64 bits per heavy atom. The van der Waals surface area contributed by atoms with Crippen LogP contribution >= 0.6 is 0 Å². The molecule has 0 atom stereocenters. The Kier molecular flexibility index (Phi) is 4.93. The van der Waals surface area contributed by atoms with E-state index in [4.69, 9.17) is 0 Å². The smallest absolute Gasteiger partial charge is 0.267 e. The topological polar surface area (TPSA) is 70.7 Å². The highest BCUT2D eigenvalue weighted by Gasteiger charge is 2.10. The second kappa shape index (κ2) is 7.84. The van der Waals surface area contributed by atoms with Gasteiger partial charge in [-0.2, -0.15) is 0 Å². The molecule has 5 nitrogen and oxygen atoms in total. The SMILES string of the molecule is O=C(NCc1ccnc(-c2cccnc2)c1)c1cc(-c2ccc(F)cc2)c[nH]1. The van der Waals surface area contributed by atoms with Crippen LogP contribution in [0.1, 0.15) is 16.1 Å². The summed E-state index contributed by atoms with van der Waals surface area (Å²) in [5.74, 6) is -0.506. The number of carbonyl (C=O) groups excluding carboxylic acids is 1. The van der Waals surface area contributed by atoms with Gasteiger partial charge in [-0.05, 0) is 59.2 Å². The number of aromatic amines is 1. The van der Waals surface area contributed by atoms with Crippen molar-refractivity contribution in [1.82, 2.24) is 20.3 Å². The fourth-order valence-corrected chi connectivity index (χ4v) is 2.87. The van der Waals surface area contributed by atoms with Crippen molar-refractivity contribution in [3.8, 4) is 22.4 Å². The molecule has 3 aromatic heterocycles. The van der Waals surface area contributed by atoms with Gasteiger partial charge in [0, 0.05) is 36.9 Å². The molecule has 0 saturated heterocycles. The molecule has 0 unspecified atom stereocenters. The highest BCUT2D eigenvalue weighted by molar-refractivity contribution is 5.93. The molecule has 1 aromatic carbocycles. The molecule has 138 valence electrons. The molecule has 28 heavy (non-hydrogen) atoms. The minimum atomic E-state index is -0.291. The van der Waals surface area contributed by atoms with E-state index in [2.05, 4.69) is 20.3 Å². The van der Waals surface area contributed by atoms with Crippen molar-refractivity contribution in [2.24, 2.45) is 0 Å². The van der Waals surface area contributed by atoms with Crippen LogP contribution in [0.2, 0.25) is 0 Å². The summed E-state index contributed by atoms with van der Waals surface area (Å²) in [4.78, 5) is 23.9. The van der Waals surface area contributed by atoms with E-state index in [9.17, 15) is 9.18 Å². The summed E-state index contributed by atoms with van der Waals surface area (Å²) in [5.41, 5.74) is 4.77. The summed E-state index contributed by atoms with van der Waals surface area (Å²) in [5, 5.41) is 2.89. The van der Waals surface area contributed by atoms with Crippen LogP contribution in [0.4, 0.5) is 4.39 Å². The van der Waals surface area contributed by atoms with Gasteiger partial charge in [-0.1, -0.05) is 12.1 Å². The lowest BCUT2D eigenvalue weighted by molar-refractivity contribution is 0.0946. The molecule has 3 heterocycles. The van der Waals surface area contributed by atoms with Gasteiger partial charge < -0.3 is 10.3 Å². The zero-order valence-corrected chi connectivity index (χ0v) is 14.9. The highest BCUT2D eigenvalue weighted by Crippen LogP contribution is 2.21. The first-order chi connectivity index (χ1) is 13.7. The van der Waals surface area contributed by atoms with Crippen molar-refractivity contribution in [1.29, 1.82) is 0 Å². The summed E-state index contributed by atoms with van der Waals surface area (Å²) in [6.07, 6.45) is 6.91. The van der Waals surface area contributed by atoms with Gasteiger partial charge >= 0.3 is 0 Å². The van der Waals surface area contributed by atoms with Crippen LogP contribution in [0.5, 0.6) is 0 Å². The molecular weight excluding hydrogens is 355 g/mol. The average molecular weight is 372 g/mol. The van der Waals surface area contributed by atoms with Crippen molar-refractivity contribution in [3.05, 3.63) is 96.5 Å². The monoisotopic (exact) mass is 372 g/mol. The molecule has 4 rings (SSSR count). The van der Waals surface area contributed by atoms with E-state index in [0.29, 0.717) is 12.2 Å². The predicted molar refractivity (Wildman–Crippen MR) is 105 cm³/mol. The third-order valence-corrected chi connectivity index (χ3v) is 4.34. The fraction of sp³-hybridized carbons (Fsp3) is 0.0455. The Morgan fingerprint density at radius 2 is 1.86 bits per heavy atom. The number of rotatable bonds is 5. The van der Waals surface area contributed by atoms with Gasteiger partial charge in [0.25, 0.3) is 5.91 Å². The number of aromatic nitrogens is 3. The lowest BCUT2D eigenvalue weighted by atomic mass is 10.1. The Balaban J connectivity index is 1.43. The van der Waals surface area contributed by atoms with Gasteiger partial charge in [0.05, 0.1) is 5.69 Å². The third-order valence-electron chi connectivity index (χ3n) is 4.34. The minimum absolute atomic E-state index is 0.215. The van der Waals surface area contributed by atoms with Crippen molar-refractivity contribution < 1.29 is 9.18 Å². The maximum Gasteiger partial charge on any atom is 0.267 e. The van der Waals surface area contributed by atoms with Crippen molar-refractivity contribution in [2.45, 2.75) is 6.54 Å². The Hall–Kier alpha value is -3.80. The minimum Gasteiger partial charge on any atom is -0.357 e. The van der Waals surface area contributed by atoms with Crippen LogP contribution in [0.3, 0.4) is 0 Å². The maximum atomic E-state index is 13.1. The fourth-order valence-electron chi connectivity index (χ4n) is 2.87. The summed E-state index contributed by atoms with van der Waals surface area (Å²) in [6.45, 7) is 0.375. The number of H-pyrrole nitrogens is 1. The van der Waals surface area contributed by atoms with Crippen LogP contribution < -0.4 is 5.32 Å². The standard InChI is InChI=1S/C22H17FN4O/c23-19-5-3-16(4-6-19)18-11-21(26-14-18)22(28)27-12-15-7-9-25-20(10-15)17-2-1-8-24-13-17/h1-11,13-14,26H,12H2,(H,27,28). The zero-order chi connectivity index (χ0) is 19.3. The van der Waals surface area contributed by atoms with Gasteiger partial charge in [-0.3, -0.25) is 14.8 Å². The van der Waals surface area contributed by atoms with E-state index in [0.717, 1.165) is 27.9 Å². The molecule has 4 aromatic rings.